The van der Waals surface area contributed by atoms with E-state index in [2.05, 4.69) is 36.4 Å². The predicted octanol–water partition coefficient (Wildman–Crippen LogP) is 1.47. The molecule has 6 nitrogen and oxygen atoms in total. The van der Waals surface area contributed by atoms with Crippen molar-refractivity contribution in [2.24, 2.45) is 16.8 Å². The Labute approximate surface area is 141 Å². The van der Waals surface area contributed by atoms with E-state index in [0.717, 1.165) is 38.6 Å². The number of hydrogen-bond acceptors (Lipinski definition) is 3. The molecule has 0 aromatic rings. The minimum Gasteiger partial charge on any atom is -0.379 e. The van der Waals surface area contributed by atoms with Gasteiger partial charge in [0.05, 0.1) is 13.2 Å². The van der Waals surface area contributed by atoms with Crippen molar-refractivity contribution in [1.82, 2.24) is 15.5 Å². The zero-order valence-electron chi connectivity index (χ0n) is 15.4. The molecule has 0 bridgehead atoms. The van der Waals surface area contributed by atoms with Gasteiger partial charge in [-0.05, 0) is 19.3 Å². The van der Waals surface area contributed by atoms with Crippen LogP contribution in [-0.4, -0.2) is 62.2 Å². The van der Waals surface area contributed by atoms with Crippen molar-refractivity contribution in [3.05, 3.63) is 0 Å². The van der Waals surface area contributed by atoms with Crippen LogP contribution in [-0.2, 0) is 9.53 Å². The van der Waals surface area contributed by atoms with Gasteiger partial charge in [0.1, 0.15) is 0 Å². The summed E-state index contributed by atoms with van der Waals surface area (Å²) in [5.41, 5.74) is 0. The van der Waals surface area contributed by atoms with Crippen LogP contribution < -0.4 is 10.6 Å². The Balaban J connectivity index is 2.39. The highest BCUT2D eigenvalue weighted by Gasteiger charge is 2.27. The third-order valence-electron chi connectivity index (χ3n) is 3.64. The molecule has 0 saturated carbocycles. The molecular formula is C17H34N4O2. The summed E-state index contributed by atoms with van der Waals surface area (Å²) in [5.74, 6) is 1.66. The van der Waals surface area contributed by atoms with Crippen LogP contribution in [0.3, 0.4) is 0 Å². The van der Waals surface area contributed by atoms with Gasteiger partial charge in [-0.2, -0.15) is 0 Å². The number of aliphatic imine (C=N–C) groups is 1. The minimum absolute atomic E-state index is 0.0637. The van der Waals surface area contributed by atoms with Gasteiger partial charge in [0.15, 0.2) is 5.96 Å². The van der Waals surface area contributed by atoms with E-state index in [-0.39, 0.29) is 17.9 Å². The zero-order valence-corrected chi connectivity index (χ0v) is 15.4. The Bertz CT molecular complexity index is 383. The molecule has 0 aromatic heterocycles. The quantitative estimate of drug-likeness (QED) is 0.403. The van der Waals surface area contributed by atoms with E-state index in [9.17, 15) is 4.79 Å². The van der Waals surface area contributed by atoms with Crippen molar-refractivity contribution in [2.45, 2.75) is 47.1 Å². The van der Waals surface area contributed by atoms with Crippen LogP contribution in [0.4, 0.5) is 0 Å². The molecular weight excluding hydrogens is 292 g/mol. The van der Waals surface area contributed by atoms with Crippen LogP contribution in [0, 0.1) is 11.8 Å². The number of guanidine groups is 1. The summed E-state index contributed by atoms with van der Waals surface area (Å²) < 4.78 is 5.55. The van der Waals surface area contributed by atoms with Crippen LogP contribution in [0.2, 0.25) is 0 Å². The topological polar surface area (TPSA) is 66.0 Å². The lowest BCUT2D eigenvalue weighted by Gasteiger charge is -2.20. The Hall–Kier alpha value is -1.30. The summed E-state index contributed by atoms with van der Waals surface area (Å²) in [6.07, 6.45) is 0.965. The average Bonchev–Trinajstić information content (AvgIpc) is 2.94. The molecule has 1 unspecified atom stereocenters. The maximum atomic E-state index is 12.0. The highest BCUT2D eigenvalue weighted by atomic mass is 16.5. The van der Waals surface area contributed by atoms with E-state index >= 15 is 0 Å². The highest BCUT2D eigenvalue weighted by molar-refractivity contribution is 5.81. The first-order chi connectivity index (χ1) is 10.9. The van der Waals surface area contributed by atoms with Gasteiger partial charge in [0.2, 0.25) is 5.91 Å². The molecule has 1 aliphatic rings. The molecule has 2 N–H and O–H groups in total. The summed E-state index contributed by atoms with van der Waals surface area (Å²) in [6.45, 7) is 14.7. The molecule has 1 heterocycles. The second-order valence-electron chi connectivity index (χ2n) is 6.80. The zero-order chi connectivity index (χ0) is 17.2. The van der Waals surface area contributed by atoms with E-state index < -0.39 is 0 Å². The third kappa shape index (κ3) is 7.68. The van der Waals surface area contributed by atoms with Gasteiger partial charge in [-0.15, -0.1) is 0 Å². The largest absolute Gasteiger partial charge is 0.379 e. The van der Waals surface area contributed by atoms with Crippen LogP contribution >= 0.6 is 0 Å². The molecule has 0 aliphatic carbocycles. The molecule has 0 spiro atoms. The SMILES string of the molecule is CCNC(=NCCOCC(C)C)NC1CCN(C(=O)C(C)C)C1. The van der Waals surface area contributed by atoms with Crippen LogP contribution in [0.5, 0.6) is 0 Å². The van der Waals surface area contributed by atoms with Crippen molar-refractivity contribution in [3.63, 3.8) is 0 Å². The number of hydrogen-bond donors (Lipinski definition) is 2. The number of likely N-dealkylation sites (tertiary alicyclic amines) is 1. The molecule has 1 fully saturated rings. The standard InChI is InChI=1S/C17H34N4O2/c1-6-18-17(19-8-10-23-12-13(2)3)20-15-7-9-21(11-15)16(22)14(4)5/h13-15H,6-12H2,1-5H3,(H2,18,19,20). The van der Waals surface area contributed by atoms with Gasteiger partial charge >= 0.3 is 0 Å². The lowest BCUT2D eigenvalue weighted by atomic mass is 10.2. The van der Waals surface area contributed by atoms with E-state index in [1.807, 2.05) is 18.7 Å². The summed E-state index contributed by atoms with van der Waals surface area (Å²) in [7, 11) is 0. The van der Waals surface area contributed by atoms with Crippen molar-refractivity contribution >= 4 is 11.9 Å². The normalized spacial score (nSPS) is 18.8. The van der Waals surface area contributed by atoms with Crippen molar-refractivity contribution < 1.29 is 9.53 Å². The van der Waals surface area contributed by atoms with Crippen molar-refractivity contribution in [3.8, 4) is 0 Å². The fraction of sp³-hybridized carbons (Fsp3) is 0.882. The molecule has 0 aromatic carbocycles. The van der Waals surface area contributed by atoms with Crippen molar-refractivity contribution in [1.29, 1.82) is 0 Å². The number of ether oxygens (including phenoxy) is 1. The summed E-state index contributed by atoms with van der Waals surface area (Å²) >= 11 is 0. The van der Waals surface area contributed by atoms with Crippen LogP contribution in [0.25, 0.3) is 0 Å². The molecule has 1 atom stereocenters. The molecule has 6 heteroatoms. The summed E-state index contributed by atoms with van der Waals surface area (Å²) in [6, 6.07) is 0.270. The molecule has 0 radical (unpaired) electrons. The predicted molar refractivity (Wildman–Crippen MR) is 94.6 cm³/mol. The first kappa shape index (κ1) is 19.7. The Morgan fingerprint density at radius 1 is 1.35 bits per heavy atom. The number of nitrogens with one attached hydrogen (secondary N) is 2. The van der Waals surface area contributed by atoms with E-state index in [1.165, 1.54) is 0 Å². The average molecular weight is 326 g/mol. The lowest BCUT2D eigenvalue weighted by molar-refractivity contribution is -0.133. The van der Waals surface area contributed by atoms with E-state index in [0.29, 0.717) is 19.1 Å². The smallest absolute Gasteiger partial charge is 0.225 e. The molecule has 1 saturated heterocycles. The fourth-order valence-corrected chi connectivity index (χ4v) is 2.50. The minimum atomic E-state index is 0.0637. The number of carbonyl (C=O) groups excluding carboxylic acids is 1. The first-order valence-corrected chi connectivity index (χ1v) is 8.85. The Morgan fingerprint density at radius 3 is 2.70 bits per heavy atom. The Morgan fingerprint density at radius 2 is 2.09 bits per heavy atom. The number of amides is 1. The molecule has 1 amide bonds. The number of rotatable bonds is 8. The number of nitrogens with zero attached hydrogens (tertiary/aromatic N) is 2. The van der Waals surface area contributed by atoms with E-state index in [4.69, 9.17) is 4.74 Å². The van der Waals surface area contributed by atoms with Gasteiger partial charge in [0, 0.05) is 38.2 Å². The maximum Gasteiger partial charge on any atom is 0.225 e. The molecule has 1 rings (SSSR count). The molecule has 134 valence electrons. The van der Waals surface area contributed by atoms with Gasteiger partial charge in [-0.25, -0.2) is 0 Å². The third-order valence-corrected chi connectivity index (χ3v) is 3.64. The van der Waals surface area contributed by atoms with Gasteiger partial charge in [-0.1, -0.05) is 27.7 Å². The van der Waals surface area contributed by atoms with Crippen LogP contribution in [0.1, 0.15) is 41.0 Å². The van der Waals surface area contributed by atoms with Crippen LogP contribution in [0.15, 0.2) is 4.99 Å². The lowest BCUT2D eigenvalue weighted by Crippen LogP contribution is -2.45. The van der Waals surface area contributed by atoms with Crippen molar-refractivity contribution in [2.75, 3.05) is 39.4 Å². The number of carbonyl (C=O) groups is 1. The second kappa shape index (κ2) is 10.5. The van der Waals surface area contributed by atoms with Gasteiger partial charge in [0.25, 0.3) is 0 Å². The first-order valence-electron chi connectivity index (χ1n) is 8.85. The summed E-state index contributed by atoms with van der Waals surface area (Å²) in [5, 5.41) is 6.69. The fourth-order valence-electron chi connectivity index (χ4n) is 2.50. The van der Waals surface area contributed by atoms with E-state index in [1.54, 1.807) is 0 Å². The Kier molecular flexibility index (Phi) is 8.99. The highest BCUT2D eigenvalue weighted by Crippen LogP contribution is 2.12. The molecule has 1 aliphatic heterocycles. The van der Waals surface area contributed by atoms with Gasteiger partial charge in [-0.3, -0.25) is 9.79 Å². The monoisotopic (exact) mass is 326 g/mol. The maximum absolute atomic E-state index is 12.0. The molecule has 23 heavy (non-hydrogen) atoms. The van der Waals surface area contributed by atoms with Gasteiger partial charge < -0.3 is 20.3 Å². The second-order valence-corrected chi connectivity index (χ2v) is 6.80. The summed E-state index contributed by atoms with van der Waals surface area (Å²) in [4.78, 5) is 18.5.